The molecule has 4 nitrogen and oxygen atoms in total. The van der Waals surface area contributed by atoms with E-state index in [1.54, 1.807) is 0 Å². The van der Waals surface area contributed by atoms with Crippen LogP contribution in [-0.2, 0) is 10.6 Å². The summed E-state index contributed by atoms with van der Waals surface area (Å²) < 4.78 is 69.7. The summed E-state index contributed by atoms with van der Waals surface area (Å²) in [6.07, 6.45) is -8.30. The molecule has 10 heteroatoms. The molecule has 0 radical (unpaired) electrons. The van der Waals surface area contributed by atoms with Crippen LogP contribution in [0.15, 0.2) is 6.07 Å². The Labute approximate surface area is 114 Å². The van der Waals surface area contributed by atoms with Crippen molar-refractivity contribution in [2.75, 3.05) is 7.11 Å². The standard InChI is InChI=1S/C10H7ClF5NO3/c1-19-9(18)7-6(20-10(14,15)16)2-4(8(12)13)5(3-11)17-7/h2,8H,3H2,1H3. The highest BCUT2D eigenvalue weighted by molar-refractivity contribution is 6.17. The van der Waals surface area contributed by atoms with Crippen LogP contribution in [-0.4, -0.2) is 24.4 Å². The summed E-state index contributed by atoms with van der Waals surface area (Å²) in [6, 6.07) is 0.370. The van der Waals surface area contributed by atoms with Gasteiger partial charge < -0.3 is 9.47 Å². The molecule has 0 spiro atoms. The van der Waals surface area contributed by atoms with Gasteiger partial charge in [-0.25, -0.2) is 18.6 Å². The van der Waals surface area contributed by atoms with Gasteiger partial charge in [-0.05, 0) is 6.07 Å². The smallest absolute Gasteiger partial charge is 0.464 e. The Kier molecular flexibility index (Phi) is 5.09. The first-order chi connectivity index (χ1) is 9.19. The Balaban J connectivity index is 3.43. The number of rotatable bonds is 4. The molecule has 0 saturated heterocycles. The van der Waals surface area contributed by atoms with E-state index >= 15 is 0 Å². The highest BCUT2D eigenvalue weighted by Gasteiger charge is 2.35. The van der Waals surface area contributed by atoms with E-state index in [2.05, 4.69) is 14.5 Å². The van der Waals surface area contributed by atoms with E-state index in [0.717, 1.165) is 7.11 Å². The summed E-state index contributed by atoms with van der Waals surface area (Å²) >= 11 is 5.37. The zero-order valence-electron chi connectivity index (χ0n) is 9.80. The van der Waals surface area contributed by atoms with Gasteiger partial charge in [-0.3, -0.25) is 0 Å². The number of esters is 1. The molecule has 0 unspecified atom stereocenters. The third-order valence-corrected chi connectivity index (χ3v) is 2.32. The number of carbonyl (C=O) groups excluding carboxylic acids is 1. The molecule has 0 atom stereocenters. The van der Waals surface area contributed by atoms with Gasteiger partial charge in [0.25, 0.3) is 6.43 Å². The third kappa shape index (κ3) is 3.92. The number of carbonyl (C=O) groups is 1. The second-order valence-electron chi connectivity index (χ2n) is 3.34. The van der Waals surface area contributed by atoms with Crippen molar-refractivity contribution in [2.45, 2.75) is 18.7 Å². The van der Waals surface area contributed by atoms with Gasteiger partial charge in [0.2, 0.25) is 0 Å². The fourth-order valence-electron chi connectivity index (χ4n) is 1.29. The largest absolute Gasteiger partial charge is 0.573 e. The van der Waals surface area contributed by atoms with E-state index in [-0.39, 0.29) is 0 Å². The van der Waals surface area contributed by atoms with Crippen molar-refractivity contribution in [3.05, 3.63) is 23.0 Å². The lowest BCUT2D eigenvalue weighted by atomic mass is 10.1. The van der Waals surface area contributed by atoms with Gasteiger partial charge in [0.1, 0.15) is 0 Å². The molecule has 0 aliphatic rings. The predicted octanol–water partition coefficient (Wildman–Crippen LogP) is 3.44. The Morgan fingerprint density at radius 1 is 1.45 bits per heavy atom. The monoisotopic (exact) mass is 319 g/mol. The summed E-state index contributed by atoms with van der Waals surface area (Å²) in [7, 11) is 0.892. The minimum Gasteiger partial charge on any atom is -0.464 e. The molecule has 20 heavy (non-hydrogen) atoms. The number of aromatic nitrogens is 1. The van der Waals surface area contributed by atoms with Crippen LogP contribution in [0.25, 0.3) is 0 Å². The summed E-state index contributed by atoms with van der Waals surface area (Å²) in [4.78, 5) is 14.7. The van der Waals surface area contributed by atoms with E-state index in [0.29, 0.717) is 6.07 Å². The van der Waals surface area contributed by atoms with Gasteiger partial charge in [-0.2, -0.15) is 0 Å². The lowest BCUT2D eigenvalue weighted by Crippen LogP contribution is -2.21. The third-order valence-electron chi connectivity index (χ3n) is 2.07. The molecule has 112 valence electrons. The number of alkyl halides is 6. The topological polar surface area (TPSA) is 48.4 Å². The average molecular weight is 320 g/mol. The van der Waals surface area contributed by atoms with E-state index in [9.17, 15) is 26.7 Å². The molecule has 0 saturated carbocycles. The van der Waals surface area contributed by atoms with Crippen LogP contribution in [0.4, 0.5) is 22.0 Å². The maximum Gasteiger partial charge on any atom is 0.573 e. The molecule has 0 aliphatic heterocycles. The van der Waals surface area contributed by atoms with E-state index < -0.39 is 47.3 Å². The lowest BCUT2D eigenvalue weighted by molar-refractivity contribution is -0.274. The van der Waals surface area contributed by atoms with E-state index in [4.69, 9.17) is 11.6 Å². The van der Waals surface area contributed by atoms with Crippen LogP contribution in [0.5, 0.6) is 5.75 Å². The van der Waals surface area contributed by atoms with Gasteiger partial charge in [0.15, 0.2) is 11.4 Å². The van der Waals surface area contributed by atoms with Gasteiger partial charge in [-0.1, -0.05) is 0 Å². The van der Waals surface area contributed by atoms with Crippen LogP contribution in [0, 0.1) is 0 Å². The van der Waals surface area contributed by atoms with Crippen molar-refractivity contribution in [1.29, 1.82) is 0 Å². The summed E-state index contributed by atoms with van der Waals surface area (Å²) in [5.74, 6) is -2.96. The molecule has 0 aromatic carbocycles. The highest BCUT2D eigenvalue weighted by Crippen LogP contribution is 2.32. The quantitative estimate of drug-likeness (QED) is 0.484. The normalized spacial score (nSPS) is 11.6. The Hall–Kier alpha value is -1.64. The zero-order chi connectivity index (χ0) is 15.5. The number of halogens is 6. The Morgan fingerprint density at radius 3 is 2.45 bits per heavy atom. The molecule has 1 rings (SSSR count). The first-order valence-corrected chi connectivity index (χ1v) is 5.45. The molecule has 0 bridgehead atoms. The van der Waals surface area contributed by atoms with E-state index in [1.165, 1.54) is 0 Å². The lowest BCUT2D eigenvalue weighted by Gasteiger charge is -2.14. The molecular weight excluding hydrogens is 313 g/mol. The average Bonchev–Trinajstić information content (AvgIpc) is 2.35. The number of pyridine rings is 1. The number of ether oxygens (including phenoxy) is 2. The van der Waals surface area contributed by atoms with Crippen molar-refractivity contribution >= 4 is 17.6 Å². The maximum atomic E-state index is 12.7. The van der Waals surface area contributed by atoms with Crippen LogP contribution in [0.1, 0.15) is 28.2 Å². The van der Waals surface area contributed by atoms with Crippen LogP contribution in [0.2, 0.25) is 0 Å². The molecule has 0 amide bonds. The number of nitrogens with zero attached hydrogens (tertiary/aromatic N) is 1. The van der Waals surface area contributed by atoms with Crippen molar-refractivity contribution in [2.24, 2.45) is 0 Å². The van der Waals surface area contributed by atoms with Gasteiger partial charge in [0, 0.05) is 5.56 Å². The summed E-state index contributed by atoms with van der Waals surface area (Å²) in [6.45, 7) is 0. The molecule has 1 aromatic rings. The molecule has 0 aliphatic carbocycles. The number of hydrogen-bond acceptors (Lipinski definition) is 4. The molecule has 0 N–H and O–H groups in total. The SMILES string of the molecule is COC(=O)c1nc(CCl)c(C(F)F)cc1OC(F)(F)F. The number of methoxy groups -OCH3 is 1. The minimum atomic E-state index is -5.17. The second-order valence-corrected chi connectivity index (χ2v) is 3.61. The van der Waals surface area contributed by atoms with Gasteiger partial charge in [0.05, 0.1) is 18.7 Å². The first-order valence-electron chi connectivity index (χ1n) is 4.91. The van der Waals surface area contributed by atoms with Crippen molar-refractivity contribution < 1.29 is 36.2 Å². The fraction of sp³-hybridized carbons (Fsp3) is 0.400. The van der Waals surface area contributed by atoms with Crippen molar-refractivity contribution in [3.8, 4) is 5.75 Å². The van der Waals surface area contributed by atoms with Crippen molar-refractivity contribution in [3.63, 3.8) is 0 Å². The fourth-order valence-corrected chi connectivity index (χ4v) is 1.50. The Morgan fingerprint density at radius 2 is 2.05 bits per heavy atom. The van der Waals surface area contributed by atoms with E-state index in [1.807, 2.05) is 0 Å². The van der Waals surface area contributed by atoms with Crippen LogP contribution < -0.4 is 4.74 Å². The summed E-state index contributed by atoms with van der Waals surface area (Å²) in [5, 5.41) is 0. The number of hydrogen-bond donors (Lipinski definition) is 0. The molecule has 1 aromatic heterocycles. The van der Waals surface area contributed by atoms with Crippen LogP contribution >= 0.6 is 11.6 Å². The molecular formula is C10H7ClF5NO3. The minimum absolute atomic E-state index is 0.370. The van der Waals surface area contributed by atoms with Gasteiger partial charge >= 0.3 is 12.3 Å². The Bertz CT molecular complexity index is 506. The predicted molar refractivity (Wildman–Crippen MR) is 56.8 cm³/mol. The summed E-state index contributed by atoms with van der Waals surface area (Å²) in [5.41, 5.74) is -2.17. The van der Waals surface area contributed by atoms with Crippen molar-refractivity contribution in [1.82, 2.24) is 4.98 Å². The first kappa shape index (κ1) is 16.4. The zero-order valence-corrected chi connectivity index (χ0v) is 10.6. The highest BCUT2D eigenvalue weighted by atomic mass is 35.5. The molecule has 1 heterocycles. The van der Waals surface area contributed by atoms with Gasteiger partial charge in [-0.15, -0.1) is 24.8 Å². The maximum absolute atomic E-state index is 12.7. The molecule has 0 fully saturated rings. The van der Waals surface area contributed by atoms with Crippen LogP contribution in [0.3, 0.4) is 0 Å². The second kappa shape index (κ2) is 6.21.